The first kappa shape index (κ1) is 22.9. The summed E-state index contributed by atoms with van der Waals surface area (Å²) in [5, 5.41) is 2.75. The summed E-state index contributed by atoms with van der Waals surface area (Å²) in [4.78, 5) is 28.9. The lowest BCUT2D eigenvalue weighted by molar-refractivity contribution is -0.121. The lowest BCUT2D eigenvalue weighted by Crippen LogP contribution is -2.28. The van der Waals surface area contributed by atoms with Crippen LogP contribution in [0.4, 0.5) is 17.1 Å². The molecule has 7 heteroatoms. The van der Waals surface area contributed by atoms with Gasteiger partial charge in [-0.15, -0.1) is 11.8 Å². The number of thioether (sulfide) groups is 1. The Balaban J connectivity index is 1.41. The Morgan fingerprint density at radius 2 is 1.82 bits per heavy atom. The van der Waals surface area contributed by atoms with Crippen molar-refractivity contribution in [3.63, 3.8) is 0 Å². The molecule has 3 aromatic rings. The van der Waals surface area contributed by atoms with Gasteiger partial charge in [0.2, 0.25) is 11.8 Å². The fraction of sp³-hybridized carbons (Fsp3) is 0.231. The Bertz CT molecular complexity index is 1100. The Morgan fingerprint density at radius 3 is 2.55 bits per heavy atom. The second-order valence-corrected chi connectivity index (χ2v) is 9.06. The summed E-state index contributed by atoms with van der Waals surface area (Å²) < 4.78 is 5.53. The number of hydrogen-bond acceptors (Lipinski definition) is 5. The van der Waals surface area contributed by atoms with Crippen LogP contribution in [-0.2, 0) is 20.9 Å². The highest BCUT2D eigenvalue weighted by Crippen LogP contribution is 2.42. The molecule has 6 nitrogen and oxygen atoms in total. The summed E-state index contributed by atoms with van der Waals surface area (Å²) in [5.74, 6) is 0.282. The zero-order valence-corrected chi connectivity index (χ0v) is 19.5. The summed E-state index contributed by atoms with van der Waals surface area (Å²) in [6.07, 6.45) is 0. The normalized spacial score (nSPS) is 15.5. The predicted molar refractivity (Wildman–Crippen MR) is 135 cm³/mol. The van der Waals surface area contributed by atoms with Crippen molar-refractivity contribution in [1.29, 1.82) is 0 Å². The van der Waals surface area contributed by atoms with Crippen molar-refractivity contribution >= 4 is 40.6 Å². The lowest BCUT2D eigenvalue weighted by Gasteiger charge is -2.25. The number of rotatable bonds is 8. The molecule has 1 saturated heterocycles. The molecular formula is C26H27N3O3S. The van der Waals surface area contributed by atoms with E-state index >= 15 is 0 Å². The van der Waals surface area contributed by atoms with Gasteiger partial charge in [-0.05, 0) is 47.5 Å². The third kappa shape index (κ3) is 5.74. The third-order valence-electron chi connectivity index (χ3n) is 5.31. The van der Waals surface area contributed by atoms with Crippen molar-refractivity contribution in [2.75, 3.05) is 41.6 Å². The molecule has 0 saturated carbocycles. The molecular weight excluding hydrogens is 434 g/mol. The van der Waals surface area contributed by atoms with Gasteiger partial charge < -0.3 is 15.0 Å². The lowest BCUT2D eigenvalue weighted by atomic mass is 10.1. The van der Waals surface area contributed by atoms with Crippen molar-refractivity contribution in [3.8, 4) is 0 Å². The van der Waals surface area contributed by atoms with Gasteiger partial charge in [-0.2, -0.15) is 0 Å². The number of nitrogens with zero attached hydrogens (tertiary/aromatic N) is 2. The zero-order valence-electron chi connectivity index (χ0n) is 18.7. The van der Waals surface area contributed by atoms with Crippen LogP contribution in [0.15, 0.2) is 78.9 Å². The van der Waals surface area contributed by atoms with Gasteiger partial charge in [0, 0.05) is 31.2 Å². The minimum atomic E-state index is -0.214. The van der Waals surface area contributed by atoms with Gasteiger partial charge in [-0.25, -0.2) is 0 Å². The Kier molecular flexibility index (Phi) is 7.32. The number of ether oxygens (including phenoxy) is 1. The molecule has 0 aromatic heterocycles. The van der Waals surface area contributed by atoms with Crippen molar-refractivity contribution in [2.45, 2.75) is 12.0 Å². The maximum absolute atomic E-state index is 12.7. The SMILES string of the molecule is CN(C)c1ccc(N2C(=O)CS[C@H]2c2cccc(NC(=O)COCc3ccccc3)c2)cc1. The molecule has 1 aliphatic heterocycles. The largest absolute Gasteiger partial charge is 0.378 e. The molecule has 1 N–H and O–H groups in total. The maximum atomic E-state index is 12.7. The van der Waals surface area contributed by atoms with Crippen LogP contribution in [0.25, 0.3) is 0 Å². The molecule has 170 valence electrons. The highest BCUT2D eigenvalue weighted by Gasteiger charge is 2.34. The van der Waals surface area contributed by atoms with Crippen molar-refractivity contribution in [2.24, 2.45) is 0 Å². The van der Waals surface area contributed by atoms with Crippen LogP contribution in [0.2, 0.25) is 0 Å². The van der Waals surface area contributed by atoms with Gasteiger partial charge in [0.15, 0.2) is 0 Å². The second-order valence-electron chi connectivity index (χ2n) is 7.99. The first-order chi connectivity index (χ1) is 16.0. The average molecular weight is 462 g/mol. The van der Waals surface area contributed by atoms with Crippen LogP contribution in [0.3, 0.4) is 0 Å². The van der Waals surface area contributed by atoms with E-state index in [1.807, 2.05) is 103 Å². The van der Waals surface area contributed by atoms with E-state index in [4.69, 9.17) is 4.74 Å². The van der Waals surface area contributed by atoms with E-state index in [1.54, 1.807) is 11.8 Å². The van der Waals surface area contributed by atoms with Crippen molar-refractivity contribution < 1.29 is 14.3 Å². The number of nitrogens with one attached hydrogen (secondary N) is 1. The fourth-order valence-electron chi connectivity index (χ4n) is 3.66. The van der Waals surface area contributed by atoms with Crippen LogP contribution in [0.5, 0.6) is 0 Å². The number of anilines is 3. The van der Waals surface area contributed by atoms with E-state index in [1.165, 1.54) is 0 Å². The smallest absolute Gasteiger partial charge is 0.250 e. The molecule has 33 heavy (non-hydrogen) atoms. The Morgan fingerprint density at radius 1 is 1.06 bits per heavy atom. The number of benzene rings is 3. The molecule has 0 radical (unpaired) electrons. The summed E-state index contributed by atoms with van der Waals surface area (Å²) >= 11 is 1.58. The van der Waals surface area contributed by atoms with Crippen LogP contribution >= 0.6 is 11.8 Å². The van der Waals surface area contributed by atoms with Gasteiger partial charge >= 0.3 is 0 Å². The number of carbonyl (C=O) groups excluding carboxylic acids is 2. The van der Waals surface area contributed by atoms with E-state index < -0.39 is 0 Å². The Labute approximate surface area is 198 Å². The van der Waals surface area contributed by atoms with Gasteiger partial charge in [-0.3, -0.25) is 14.5 Å². The molecule has 0 bridgehead atoms. The molecule has 4 rings (SSSR count). The molecule has 3 aromatic carbocycles. The topological polar surface area (TPSA) is 61.9 Å². The van der Waals surface area contributed by atoms with Gasteiger partial charge in [0.05, 0.1) is 12.4 Å². The van der Waals surface area contributed by atoms with E-state index in [9.17, 15) is 9.59 Å². The summed E-state index contributed by atoms with van der Waals surface area (Å²) in [6.45, 7) is 0.358. The van der Waals surface area contributed by atoms with Gasteiger partial charge in [0.1, 0.15) is 12.0 Å². The van der Waals surface area contributed by atoms with Gasteiger partial charge in [-0.1, -0.05) is 42.5 Å². The van der Waals surface area contributed by atoms with E-state index in [2.05, 4.69) is 5.32 Å². The van der Waals surface area contributed by atoms with Crippen LogP contribution in [0.1, 0.15) is 16.5 Å². The first-order valence-electron chi connectivity index (χ1n) is 10.7. The van der Waals surface area contributed by atoms with Crippen LogP contribution in [0, 0.1) is 0 Å². The molecule has 1 atom stereocenters. The summed E-state index contributed by atoms with van der Waals surface area (Å²) in [7, 11) is 3.97. The van der Waals surface area contributed by atoms with Crippen LogP contribution in [-0.4, -0.2) is 38.3 Å². The number of amides is 2. The monoisotopic (exact) mass is 461 g/mol. The van der Waals surface area contributed by atoms with E-state index in [0.717, 1.165) is 22.5 Å². The summed E-state index contributed by atoms with van der Waals surface area (Å²) in [6, 6.07) is 25.4. The summed E-state index contributed by atoms with van der Waals surface area (Å²) in [5.41, 5.74) is 4.61. The fourth-order valence-corrected chi connectivity index (χ4v) is 4.83. The van der Waals surface area contributed by atoms with E-state index in [-0.39, 0.29) is 23.8 Å². The van der Waals surface area contributed by atoms with Crippen molar-refractivity contribution in [1.82, 2.24) is 0 Å². The molecule has 1 aliphatic rings. The highest BCUT2D eigenvalue weighted by atomic mass is 32.2. The molecule has 1 fully saturated rings. The molecule has 0 spiro atoms. The Hall–Kier alpha value is -3.29. The zero-order chi connectivity index (χ0) is 23.2. The standard InChI is InChI=1S/C26H27N3O3S/c1-28(2)22-11-13-23(14-12-22)29-25(31)18-33-26(29)20-9-6-10-21(15-20)27-24(30)17-32-16-19-7-4-3-5-8-19/h3-15,26H,16-18H2,1-2H3,(H,27,30)/t26-/m0/s1. The highest BCUT2D eigenvalue weighted by molar-refractivity contribution is 8.00. The predicted octanol–water partition coefficient (Wildman–Crippen LogP) is 4.69. The molecule has 1 heterocycles. The first-order valence-corrected chi connectivity index (χ1v) is 11.8. The number of carbonyl (C=O) groups is 2. The average Bonchev–Trinajstić information content (AvgIpc) is 3.21. The van der Waals surface area contributed by atoms with E-state index in [0.29, 0.717) is 18.0 Å². The van der Waals surface area contributed by atoms with Crippen LogP contribution < -0.4 is 15.1 Å². The van der Waals surface area contributed by atoms with Gasteiger partial charge in [0.25, 0.3) is 0 Å². The minimum Gasteiger partial charge on any atom is -0.378 e. The second kappa shape index (κ2) is 10.6. The molecule has 0 aliphatic carbocycles. The minimum absolute atomic E-state index is 0.0276. The molecule has 2 amide bonds. The van der Waals surface area contributed by atoms with Crippen molar-refractivity contribution in [3.05, 3.63) is 90.0 Å². The molecule has 0 unspecified atom stereocenters. The maximum Gasteiger partial charge on any atom is 0.250 e. The third-order valence-corrected chi connectivity index (χ3v) is 6.52. The number of hydrogen-bond donors (Lipinski definition) is 1. The quantitative estimate of drug-likeness (QED) is 0.528.